The highest BCUT2D eigenvalue weighted by Crippen LogP contribution is 2.28. The first-order valence-corrected chi connectivity index (χ1v) is 14.1. The van der Waals surface area contributed by atoms with Crippen molar-refractivity contribution in [3.63, 3.8) is 0 Å². The van der Waals surface area contributed by atoms with Gasteiger partial charge in [0.1, 0.15) is 11.6 Å². The Morgan fingerprint density at radius 3 is 2.39 bits per heavy atom. The van der Waals surface area contributed by atoms with Crippen LogP contribution in [0.25, 0.3) is 11.1 Å². The maximum atomic E-state index is 13.1. The molecule has 0 bridgehead atoms. The second-order valence-electron chi connectivity index (χ2n) is 9.18. The number of hydrogen-bond acceptors (Lipinski definition) is 6. The minimum atomic E-state index is -3.90. The molecule has 0 spiro atoms. The Bertz CT molecular complexity index is 1420. The number of carbonyl (C=O) groups is 1. The molecule has 0 atom stereocenters. The van der Waals surface area contributed by atoms with Gasteiger partial charge in [0.15, 0.2) is 0 Å². The zero-order valence-corrected chi connectivity index (χ0v) is 23.2. The standard InChI is InChI=1S/C28H32N4O4S2/c1-4-26(37)31-27(29)22-9-7-8-20(16-22)18-32(17-19(2)3)28(33)36-23-14-12-21(13-15-23)24-10-5-6-11-25(24)38(30,34)35/h5-16,19H,4,17-18H2,1-3H3,(H2,29,31,37)(H2,30,34,35). The monoisotopic (exact) mass is 552 g/mol. The van der Waals surface area contributed by atoms with E-state index in [0.717, 1.165) is 5.56 Å². The lowest BCUT2D eigenvalue weighted by atomic mass is 10.1. The summed E-state index contributed by atoms with van der Waals surface area (Å²) in [5.74, 6) is 0.735. The van der Waals surface area contributed by atoms with E-state index in [9.17, 15) is 13.2 Å². The first-order valence-electron chi connectivity index (χ1n) is 12.1. The van der Waals surface area contributed by atoms with Crippen LogP contribution >= 0.6 is 12.2 Å². The summed E-state index contributed by atoms with van der Waals surface area (Å²) in [4.78, 5) is 15.4. The lowest BCUT2D eigenvalue weighted by Crippen LogP contribution is -2.36. The zero-order valence-electron chi connectivity index (χ0n) is 21.6. The first kappa shape index (κ1) is 29.0. The molecule has 200 valence electrons. The molecule has 10 heteroatoms. The summed E-state index contributed by atoms with van der Waals surface area (Å²) in [5, 5.41) is 16.5. The molecule has 4 N–H and O–H groups in total. The minimum Gasteiger partial charge on any atom is -0.410 e. The lowest BCUT2D eigenvalue weighted by Gasteiger charge is -2.24. The van der Waals surface area contributed by atoms with Gasteiger partial charge in [0, 0.05) is 24.2 Å². The van der Waals surface area contributed by atoms with Crippen molar-refractivity contribution in [1.82, 2.24) is 10.2 Å². The van der Waals surface area contributed by atoms with Crippen LogP contribution in [-0.4, -0.2) is 36.8 Å². The van der Waals surface area contributed by atoms with E-state index < -0.39 is 16.1 Å². The topological polar surface area (TPSA) is 126 Å². The number of hydrogen-bond donors (Lipinski definition) is 3. The van der Waals surface area contributed by atoms with Gasteiger partial charge in [-0.2, -0.15) is 0 Å². The third-order valence-corrected chi connectivity index (χ3v) is 6.94. The van der Waals surface area contributed by atoms with Crippen molar-refractivity contribution in [2.24, 2.45) is 11.1 Å². The number of primary sulfonamides is 1. The first-order chi connectivity index (χ1) is 18.0. The van der Waals surface area contributed by atoms with Gasteiger partial charge in [-0.1, -0.05) is 81.5 Å². The zero-order chi connectivity index (χ0) is 27.9. The Balaban J connectivity index is 1.76. The predicted octanol–water partition coefficient (Wildman–Crippen LogP) is 5.31. The van der Waals surface area contributed by atoms with Gasteiger partial charge >= 0.3 is 6.09 Å². The maximum absolute atomic E-state index is 13.1. The molecular weight excluding hydrogens is 520 g/mol. The Hall–Kier alpha value is -3.60. The van der Waals surface area contributed by atoms with Crippen LogP contribution in [-0.2, 0) is 16.6 Å². The number of amidine groups is 1. The highest BCUT2D eigenvalue weighted by atomic mass is 32.2. The van der Waals surface area contributed by atoms with Gasteiger partial charge in [0.2, 0.25) is 10.0 Å². The van der Waals surface area contributed by atoms with Crippen LogP contribution < -0.4 is 15.2 Å². The van der Waals surface area contributed by atoms with Crippen molar-refractivity contribution in [1.29, 1.82) is 5.41 Å². The van der Waals surface area contributed by atoms with Crippen LogP contribution in [0.1, 0.15) is 38.3 Å². The molecule has 3 aromatic rings. The van der Waals surface area contributed by atoms with Crippen molar-refractivity contribution in [2.75, 3.05) is 6.54 Å². The molecule has 0 saturated carbocycles. The molecule has 0 aliphatic rings. The Morgan fingerprint density at radius 1 is 1.08 bits per heavy atom. The number of nitrogens with two attached hydrogens (primary N) is 1. The molecule has 0 aromatic heterocycles. The molecule has 0 aliphatic carbocycles. The van der Waals surface area contributed by atoms with Crippen molar-refractivity contribution in [2.45, 2.75) is 38.6 Å². The van der Waals surface area contributed by atoms with E-state index >= 15 is 0 Å². The molecule has 0 aliphatic heterocycles. The van der Waals surface area contributed by atoms with Gasteiger partial charge in [0.25, 0.3) is 0 Å². The Labute approximate surface area is 229 Å². The highest BCUT2D eigenvalue weighted by Gasteiger charge is 2.19. The predicted molar refractivity (Wildman–Crippen MR) is 154 cm³/mol. The number of rotatable bonds is 9. The molecule has 38 heavy (non-hydrogen) atoms. The van der Waals surface area contributed by atoms with E-state index in [-0.39, 0.29) is 16.6 Å². The van der Waals surface area contributed by atoms with Gasteiger partial charge < -0.3 is 15.0 Å². The summed E-state index contributed by atoms with van der Waals surface area (Å²) in [7, 11) is -3.90. The van der Waals surface area contributed by atoms with Crippen LogP contribution in [0.2, 0.25) is 0 Å². The van der Waals surface area contributed by atoms with Gasteiger partial charge in [-0.05, 0) is 47.7 Å². The lowest BCUT2D eigenvalue weighted by molar-refractivity contribution is 0.143. The van der Waals surface area contributed by atoms with E-state index in [1.807, 2.05) is 45.0 Å². The van der Waals surface area contributed by atoms with Gasteiger partial charge in [0.05, 0.1) is 9.88 Å². The van der Waals surface area contributed by atoms with Crippen molar-refractivity contribution < 1.29 is 17.9 Å². The molecule has 0 heterocycles. The normalized spacial score (nSPS) is 11.2. The van der Waals surface area contributed by atoms with E-state index in [0.29, 0.717) is 46.9 Å². The number of nitrogens with zero attached hydrogens (tertiary/aromatic N) is 1. The third-order valence-electron chi connectivity index (χ3n) is 5.58. The van der Waals surface area contributed by atoms with E-state index in [1.165, 1.54) is 6.07 Å². The van der Waals surface area contributed by atoms with Crippen LogP contribution in [0, 0.1) is 11.3 Å². The molecule has 0 unspecified atom stereocenters. The van der Waals surface area contributed by atoms with Crippen LogP contribution in [0.15, 0.2) is 77.7 Å². The largest absolute Gasteiger partial charge is 0.415 e. The van der Waals surface area contributed by atoms with Gasteiger partial charge in [-0.3, -0.25) is 5.41 Å². The second kappa shape index (κ2) is 12.8. The van der Waals surface area contributed by atoms with E-state index in [4.69, 9.17) is 27.5 Å². The van der Waals surface area contributed by atoms with Crippen LogP contribution in [0.3, 0.4) is 0 Å². The van der Waals surface area contributed by atoms with Gasteiger partial charge in [-0.25, -0.2) is 18.4 Å². The number of nitrogens with one attached hydrogen (secondary N) is 2. The smallest absolute Gasteiger partial charge is 0.410 e. The average molecular weight is 553 g/mol. The second-order valence-corrected chi connectivity index (χ2v) is 11.2. The fraction of sp³-hybridized carbons (Fsp3) is 0.250. The molecule has 1 amide bonds. The number of sulfonamides is 1. The maximum Gasteiger partial charge on any atom is 0.415 e. The fourth-order valence-corrected chi connectivity index (χ4v) is 4.67. The number of ether oxygens (including phenoxy) is 1. The van der Waals surface area contributed by atoms with Gasteiger partial charge in [-0.15, -0.1) is 0 Å². The average Bonchev–Trinajstić information content (AvgIpc) is 2.88. The van der Waals surface area contributed by atoms with Crippen molar-refractivity contribution >= 4 is 39.2 Å². The molecule has 3 aromatic carbocycles. The summed E-state index contributed by atoms with van der Waals surface area (Å²) in [6.07, 6.45) is 0.132. The number of thiocarbonyl (C=S) groups is 1. The number of amides is 1. The Morgan fingerprint density at radius 2 is 1.76 bits per heavy atom. The van der Waals surface area contributed by atoms with E-state index in [1.54, 1.807) is 47.4 Å². The fourth-order valence-electron chi connectivity index (χ4n) is 3.81. The van der Waals surface area contributed by atoms with Crippen molar-refractivity contribution in [3.05, 3.63) is 83.9 Å². The summed E-state index contributed by atoms with van der Waals surface area (Å²) in [6, 6.07) is 20.5. The van der Waals surface area contributed by atoms with E-state index in [2.05, 4.69) is 5.32 Å². The number of benzene rings is 3. The molecular formula is C28H32N4O4S2. The van der Waals surface area contributed by atoms with Crippen LogP contribution in [0.4, 0.5) is 4.79 Å². The van der Waals surface area contributed by atoms with Crippen molar-refractivity contribution in [3.8, 4) is 16.9 Å². The summed E-state index contributed by atoms with van der Waals surface area (Å²) in [6.45, 7) is 6.72. The molecule has 0 saturated heterocycles. The SMILES string of the molecule is CCC(=S)NC(=N)c1cccc(CN(CC(C)C)C(=O)Oc2ccc(-c3ccccc3S(N)(=O)=O)cc2)c1. The van der Waals surface area contributed by atoms with Crippen LogP contribution in [0.5, 0.6) is 5.75 Å². The Kier molecular flexibility index (Phi) is 9.73. The molecule has 8 nitrogen and oxygen atoms in total. The molecule has 0 radical (unpaired) electrons. The molecule has 0 fully saturated rings. The third kappa shape index (κ3) is 7.95. The summed E-state index contributed by atoms with van der Waals surface area (Å²) >= 11 is 5.18. The summed E-state index contributed by atoms with van der Waals surface area (Å²) < 4.78 is 29.6. The summed E-state index contributed by atoms with van der Waals surface area (Å²) in [5.41, 5.74) is 2.62. The molecule has 3 rings (SSSR count). The number of carbonyl (C=O) groups excluding carboxylic acids is 1. The highest BCUT2D eigenvalue weighted by molar-refractivity contribution is 7.89. The quantitative estimate of drug-likeness (QED) is 0.188. The minimum absolute atomic E-state index is 0.0230.